The zero-order valence-electron chi connectivity index (χ0n) is 23.2. The van der Waals surface area contributed by atoms with Gasteiger partial charge < -0.3 is 10.6 Å². The van der Waals surface area contributed by atoms with Crippen LogP contribution in [0.1, 0.15) is 22.3 Å². The average Bonchev–Trinajstić information content (AvgIpc) is 3.47. The van der Waals surface area contributed by atoms with Gasteiger partial charge >= 0.3 is 0 Å². The molecule has 0 unspecified atom stereocenters. The van der Waals surface area contributed by atoms with E-state index in [0.717, 1.165) is 44.5 Å². The second kappa shape index (κ2) is 9.75. The molecule has 2 aliphatic rings. The highest BCUT2D eigenvalue weighted by molar-refractivity contribution is 5.96. The van der Waals surface area contributed by atoms with Crippen molar-refractivity contribution < 1.29 is 26.3 Å². The van der Waals surface area contributed by atoms with E-state index in [1.807, 2.05) is 72.8 Å². The number of nitrogens with one attached hydrogen (secondary N) is 2. The summed E-state index contributed by atoms with van der Waals surface area (Å²) in [6, 6.07) is 29.0. The minimum Gasteiger partial charge on any atom is -0.351 e. The second-order valence-electron chi connectivity index (χ2n) is 11.1. The van der Waals surface area contributed by atoms with Crippen LogP contribution in [0, 0.1) is 34.9 Å². The zero-order valence-corrected chi connectivity index (χ0v) is 23.2. The predicted octanol–water partition coefficient (Wildman–Crippen LogP) is 10.4. The summed E-state index contributed by atoms with van der Waals surface area (Å²) in [7, 11) is 0. The van der Waals surface area contributed by atoms with Crippen molar-refractivity contribution in [2.75, 3.05) is 10.6 Å². The summed E-state index contributed by atoms with van der Waals surface area (Å²) in [5.41, 5.74) is 6.13. The highest BCUT2D eigenvalue weighted by Gasteiger charge is 2.51. The van der Waals surface area contributed by atoms with E-state index in [2.05, 4.69) is 10.6 Å². The van der Waals surface area contributed by atoms with E-state index in [1.165, 1.54) is 0 Å². The Labute approximate surface area is 253 Å². The molecule has 0 aliphatic heterocycles. The fourth-order valence-corrected chi connectivity index (χ4v) is 6.91. The Hall–Kier alpha value is -5.50. The number of halogens is 6. The Balaban J connectivity index is 1.36. The molecule has 0 saturated carbocycles. The third kappa shape index (κ3) is 3.91. The van der Waals surface area contributed by atoms with Crippen molar-refractivity contribution in [1.82, 2.24) is 0 Å². The van der Waals surface area contributed by atoms with Crippen molar-refractivity contribution in [3.63, 3.8) is 0 Å². The lowest BCUT2D eigenvalue weighted by molar-refractivity contribution is 0.548. The largest absolute Gasteiger partial charge is 0.351 e. The molecular weight excluding hydrogens is 586 g/mol. The maximum Gasteiger partial charge on any atom is 0.152 e. The smallest absolute Gasteiger partial charge is 0.152 e. The van der Waals surface area contributed by atoms with Gasteiger partial charge in [-0.15, -0.1) is 0 Å². The van der Waals surface area contributed by atoms with E-state index in [4.69, 9.17) is 0 Å². The first kappa shape index (κ1) is 27.1. The Bertz CT molecular complexity index is 2010. The van der Waals surface area contributed by atoms with Crippen LogP contribution in [0.5, 0.6) is 0 Å². The monoisotopic (exact) mass is 606 g/mol. The Kier molecular flexibility index (Phi) is 5.87. The summed E-state index contributed by atoms with van der Waals surface area (Å²) in [4.78, 5) is 0. The molecule has 0 amide bonds. The van der Waals surface area contributed by atoms with Crippen LogP contribution in [-0.4, -0.2) is 0 Å². The van der Waals surface area contributed by atoms with Crippen molar-refractivity contribution in [2.45, 2.75) is 5.41 Å². The average molecular weight is 607 g/mol. The number of anilines is 4. The summed E-state index contributed by atoms with van der Waals surface area (Å²) >= 11 is 0. The lowest BCUT2D eigenvalue weighted by atomic mass is 9.70. The molecule has 8 heteroatoms. The summed E-state index contributed by atoms with van der Waals surface area (Å²) in [5.74, 6) is -6.33. The van der Waals surface area contributed by atoms with Crippen molar-refractivity contribution in [1.29, 1.82) is 0 Å². The topological polar surface area (TPSA) is 24.1 Å². The van der Waals surface area contributed by atoms with Crippen LogP contribution in [0.2, 0.25) is 0 Å². The Morgan fingerprint density at radius 3 is 1.13 bits per heavy atom. The van der Waals surface area contributed by atoms with E-state index in [-0.39, 0.29) is 0 Å². The molecule has 0 radical (unpaired) electrons. The van der Waals surface area contributed by atoms with Crippen molar-refractivity contribution in [2.24, 2.45) is 0 Å². The molecule has 6 aromatic rings. The molecule has 2 N–H and O–H groups in total. The van der Waals surface area contributed by atoms with E-state index in [0.29, 0.717) is 35.6 Å². The minimum atomic E-state index is -1.07. The van der Waals surface area contributed by atoms with Crippen molar-refractivity contribution in [3.05, 3.63) is 166 Å². The Morgan fingerprint density at radius 2 is 0.733 bits per heavy atom. The molecule has 0 aromatic heterocycles. The Morgan fingerprint density at radius 1 is 0.378 bits per heavy atom. The molecule has 0 bridgehead atoms. The van der Waals surface area contributed by atoms with Crippen LogP contribution in [0.15, 0.2) is 109 Å². The number of fused-ring (bicyclic) bond motifs is 10. The maximum absolute atomic E-state index is 14.7. The molecule has 0 fully saturated rings. The van der Waals surface area contributed by atoms with Crippen LogP contribution >= 0.6 is 0 Å². The summed E-state index contributed by atoms with van der Waals surface area (Å²) in [6.07, 6.45) is 0. The molecule has 0 atom stereocenters. The molecule has 0 heterocycles. The fourth-order valence-electron chi connectivity index (χ4n) is 6.91. The van der Waals surface area contributed by atoms with Gasteiger partial charge in [0.1, 0.15) is 23.0 Å². The van der Waals surface area contributed by atoms with Crippen molar-refractivity contribution >= 4 is 22.7 Å². The normalized spacial score (nSPS) is 13.3. The van der Waals surface area contributed by atoms with Gasteiger partial charge in [-0.3, -0.25) is 0 Å². The molecule has 0 saturated heterocycles. The molecule has 45 heavy (non-hydrogen) atoms. The standard InChI is InChI=1S/C37H20F6N2/c38-19-13-31(40)35(32(41)14-19)44-21-9-11-25-23-5-1-3-7-27(23)37(29(25)17-21)28-8-4-2-6-24(28)26-12-10-22(18-30(26)37)45-36-33(42)15-20(39)16-34(36)43/h1-18,44-45H. The molecular formula is C37H20F6N2. The van der Waals surface area contributed by atoms with Crippen molar-refractivity contribution in [3.8, 4) is 22.3 Å². The van der Waals surface area contributed by atoms with E-state index < -0.39 is 51.7 Å². The quantitative estimate of drug-likeness (QED) is 0.195. The van der Waals surface area contributed by atoms with E-state index in [1.54, 1.807) is 12.1 Å². The summed E-state index contributed by atoms with van der Waals surface area (Å²) in [6.45, 7) is 0. The second-order valence-corrected chi connectivity index (χ2v) is 11.1. The number of benzene rings is 6. The third-order valence-electron chi connectivity index (χ3n) is 8.64. The van der Waals surface area contributed by atoms with Crippen LogP contribution < -0.4 is 10.6 Å². The molecule has 220 valence electrons. The molecule has 1 spiro atoms. The van der Waals surface area contributed by atoms with Gasteiger partial charge in [0.15, 0.2) is 23.3 Å². The fraction of sp³-hybridized carbons (Fsp3) is 0.0270. The molecule has 6 aromatic carbocycles. The first-order chi connectivity index (χ1) is 21.8. The lowest BCUT2D eigenvalue weighted by Gasteiger charge is -2.31. The van der Waals surface area contributed by atoms with Crippen LogP contribution in [0.25, 0.3) is 22.3 Å². The highest BCUT2D eigenvalue weighted by atomic mass is 19.2. The van der Waals surface area contributed by atoms with Crippen LogP contribution in [-0.2, 0) is 5.41 Å². The van der Waals surface area contributed by atoms with Gasteiger partial charge in [0, 0.05) is 35.6 Å². The zero-order chi connectivity index (χ0) is 31.0. The maximum atomic E-state index is 14.7. The molecule has 2 nitrogen and oxygen atoms in total. The number of hydrogen-bond donors (Lipinski definition) is 2. The highest BCUT2D eigenvalue weighted by Crippen LogP contribution is 2.63. The van der Waals surface area contributed by atoms with Crippen LogP contribution in [0.4, 0.5) is 49.1 Å². The van der Waals surface area contributed by atoms with E-state index in [9.17, 15) is 26.3 Å². The van der Waals surface area contributed by atoms with E-state index >= 15 is 0 Å². The number of hydrogen-bond acceptors (Lipinski definition) is 2. The first-order valence-electron chi connectivity index (χ1n) is 14.1. The SMILES string of the molecule is Fc1cc(F)c(Nc2ccc3c(c2)C2(c4ccccc4-3)c3ccccc3-c3ccc(Nc4c(F)cc(F)cc4F)cc32)c(F)c1. The third-order valence-corrected chi connectivity index (χ3v) is 8.64. The number of rotatable bonds is 4. The van der Waals surface area contributed by atoms with Gasteiger partial charge in [0.05, 0.1) is 5.41 Å². The van der Waals surface area contributed by atoms with Gasteiger partial charge in [0.25, 0.3) is 0 Å². The predicted molar refractivity (Wildman–Crippen MR) is 162 cm³/mol. The summed E-state index contributed by atoms with van der Waals surface area (Å²) < 4.78 is 85.9. The molecule has 8 rings (SSSR count). The van der Waals surface area contributed by atoms with Gasteiger partial charge in [0.2, 0.25) is 0 Å². The van der Waals surface area contributed by atoms with Gasteiger partial charge in [-0.2, -0.15) is 0 Å². The lowest BCUT2D eigenvalue weighted by Crippen LogP contribution is -2.26. The van der Waals surface area contributed by atoms with Gasteiger partial charge in [-0.05, 0) is 68.8 Å². The minimum absolute atomic E-state index is 0.376. The van der Waals surface area contributed by atoms with Gasteiger partial charge in [-0.25, -0.2) is 26.3 Å². The summed E-state index contributed by atoms with van der Waals surface area (Å²) in [5, 5.41) is 5.59. The molecule has 2 aliphatic carbocycles. The van der Waals surface area contributed by atoms with Gasteiger partial charge in [-0.1, -0.05) is 60.7 Å². The van der Waals surface area contributed by atoms with Crippen LogP contribution in [0.3, 0.4) is 0 Å². The first-order valence-corrected chi connectivity index (χ1v) is 14.1.